The standard InChI is InChI=1S/C21H18N2O4S3/c24-20-19(29-21(28)23(20)16-8-2-1-3-9-16)18-12-11-15-7-4-5-10-17(15)22(18)13-6-14-30(25,26)27/h1-5,7-12H,6,13-14H2,(H,25,26,27)/b19-18+. The fourth-order valence-corrected chi connectivity index (χ4v) is 5.28. The average molecular weight is 459 g/mol. The summed E-state index contributed by atoms with van der Waals surface area (Å²) in [5.74, 6) is -0.566. The van der Waals surface area contributed by atoms with E-state index in [0.29, 0.717) is 27.2 Å². The Morgan fingerprint density at radius 3 is 2.43 bits per heavy atom. The third kappa shape index (κ3) is 4.20. The molecule has 1 amide bonds. The Hall–Kier alpha value is -2.46. The molecule has 1 N–H and O–H groups in total. The van der Waals surface area contributed by atoms with Gasteiger partial charge in [-0.2, -0.15) is 8.42 Å². The van der Waals surface area contributed by atoms with Crippen LogP contribution in [0.5, 0.6) is 0 Å². The van der Waals surface area contributed by atoms with Crippen molar-refractivity contribution in [2.45, 2.75) is 6.42 Å². The SMILES string of the molecule is O=C1/C(=C2/C=Cc3ccccc3N2CCCS(=O)(=O)O)SC(=S)N1c1ccccc1. The van der Waals surface area contributed by atoms with Crippen molar-refractivity contribution in [2.24, 2.45) is 0 Å². The van der Waals surface area contributed by atoms with Crippen LogP contribution in [0.4, 0.5) is 11.4 Å². The van der Waals surface area contributed by atoms with Gasteiger partial charge in [0.15, 0.2) is 4.32 Å². The minimum absolute atomic E-state index is 0.212. The minimum atomic E-state index is -4.07. The number of amides is 1. The lowest BCUT2D eigenvalue weighted by atomic mass is 10.0. The minimum Gasteiger partial charge on any atom is -0.340 e. The van der Waals surface area contributed by atoms with E-state index >= 15 is 0 Å². The van der Waals surface area contributed by atoms with Gasteiger partial charge in [0.25, 0.3) is 16.0 Å². The highest BCUT2D eigenvalue weighted by Crippen LogP contribution is 2.41. The van der Waals surface area contributed by atoms with E-state index in [4.69, 9.17) is 16.8 Å². The number of fused-ring (bicyclic) bond motifs is 1. The molecule has 0 unspecified atom stereocenters. The Morgan fingerprint density at radius 1 is 1.00 bits per heavy atom. The Kier molecular flexibility index (Phi) is 5.79. The highest BCUT2D eigenvalue weighted by molar-refractivity contribution is 8.27. The number of rotatable bonds is 5. The number of carbonyl (C=O) groups excluding carboxylic acids is 1. The quantitative estimate of drug-likeness (QED) is 0.411. The van der Waals surface area contributed by atoms with Gasteiger partial charge in [0.1, 0.15) is 4.91 Å². The number of hydrogen-bond acceptors (Lipinski definition) is 6. The van der Waals surface area contributed by atoms with Crippen LogP contribution in [0.25, 0.3) is 6.08 Å². The van der Waals surface area contributed by atoms with Crippen molar-refractivity contribution in [3.05, 3.63) is 76.8 Å². The number of allylic oxidation sites excluding steroid dienone is 1. The van der Waals surface area contributed by atoms with Gasteiger partial charge in [-0.25, -0.2) is 0 Å². The van der Waals surface area contributed by atoms with E-state index in [9.17, 15) is 13.2 Å². The Labute approximate surface area is 184 Å². The predicted octanol–water partition coefficient (Wildman–Crippen LogP) is 4.07. The Bertz CT molecular complexity index is 1170. The van der Waals surface area contributed by atoms with Crippen LogP contribution in [0.2, 0.25) is 0 Å². The van der Waals surface area contributed by atoms with E-state index in [1.54, 1.807) is 0 Å². The van der Waals surface area contributed by atoms with Gasteiger partial charge in [-0.05, 0) is 36.3 Å². The molecule has 9 heteroatoms. The summed E-state index contributed by atoms with van der Waals surface area (Å²) in [6.07, 6.45) is 4.00. The molecule has 2 aliphatic rings. The molecule has 0 aromatic heterocycles. The van der Waals surface area contributed by atoms with Crippen molar-refractivity contribution in [3.63, 3.8) is 0 Å². The van der Waals surface area contributed by atoms with Gasteiger partial charge in [-0.3, -0.25) is 14.2 Å². The maximum absolute atomic E-state index is 13.3. The number of anilines is 2. The smallest absolute Gasteiger partial charge is 0.272 e. The average Bonchev–Trinajstić information content (AvgIpc) is 3.01. The fraction of sp³-hybridized carbons (Fsp3) is 0.143. The van der Waals surface area contributed by atoms with Gasteiger partial charge >= 0.3 is 0 Å². The van der Waals surface area contributed by atoms with Gasteiger partial charge in [-0.1, -0.05) is 66.5 Å². The molecule has 6 nitrogen and oxygen atoms in total. The van der Waals surface area contributed by atoms with Gasteiger partial charge in [0.2, 0.25) is 0 Å². The zero-order valence-electron chi connectivity index (χ0n) is 15.8. The third-order valence-corrected chi connectivity index (χ3v) is 6.92. The van der Waals surface area contributed by atoms with Crippen LogP contribution in [0.15, 0.2) is 71.3 Å². The number of nitrogens with zero attached hydrogens (tertiary/aromatic N) is 2. The first-order chi connectivity index (χ1) is 14.3. The zero-order valence-corrected chi connectivity index (χ0v) is 18.2. The first-order valence-electron chi connectivity index (χ1n) is 9.20. The number of benzene rings is 2. The summed E-state index contributed by atoms with van der Waals surface area (Å²) in [6.45, 7) is 0.325. The topological polar surface area (TPSA) is 77.9 Å². The Morgan fingerprint density at radius 2 is 1.70 bits per heavy atom. The molecule has 0 spiro atoms. The molecule has 4 rings (SSSR count). The summed E-state index contributed by atoms with van der Waals surface area (Å²) in [5.41, 5.74) is 3.20. The second-order valence-corrected chi connectivity index (χ2v) is 9.96. The molecule has 30 heavy (non-hydrogen) atoms. The first kappa shape index (κ1) is 20.8. The van der Waals surface area contributed by atoms with Crippen LogP contribution in [-0.4, -0.2) is 35.5 Å². The molecular formula is C21H18N2O4S3. The van der Waals surface area contributed by atoms with Gasteiger partial charge in [-0.15, -0.1) is 0 Å². The van der Waals surface area contributed by atoms with Crippen LogP contribution in [0.3, 0.4) is 0 Å². The summed E-state index contributed by atoms with van der Waals surface area (Å²) >= 11 is 6.71. The molecule has 0 bridgehead atoms. The predicted molar refractivity (Wildman–Crippen MR) is 125 cm³/mol. The van der Waals surface area contributed by atoms with Crippen LogP contribution in [0, 0.1) is 0 Å². The van der Waals surface area contributed by atoms with Crippen LogP contribution in [0.1, 0.15) is 12.0 Å². The maximum Gasteiger partial charge on any atom is 0.272 e. The lowest BCUT2D eigenvalue weighted by Crippen LogP contribution is -2.31. The summed E-state index contributed by atoms with van der Waals surface area (Å²) in [6, 6.07) is 16.9. The lowest BCUT2D eigenvalue weighted by Gasteiger charge is -2.31. The van der Waals surface area contributed by atoms with Crippen molar-refractivity contribution in [3.8, 4) is 0 Å². The van der Waals surface area contributed by atoms with E-state index in [-0.39, 0.29) is 18.1 Å². The lowest BCUT2D eigenvalue weighted by molar-refractivity contribution is -0.113. The monoisotopic (exact) mass is 458 g/mol. The van der Waals surface area contributed by atoms with Crippen molar-refractivity contribution in [1.29, 1.82) is 0 Å². The molecule has 2 heterocycles. The number of hydrogen-bond donors (Lipinski definition) is 1. The van der Waals surface area contributed by atoms with E-state index in [0.717, 1.165) is 11.3 Å². The van der Waals surface area contributed by atoms with Crippen LogP contribution in [-0.2, 0) is 14.9 Å². The number of thiocarbonyl (C=S) groups is 1. The molecule has 0 saturated carbocycles. The summed E-state index contributed by atoms with van der Waals surface area (Å²) in [7, 11) is -4.07. The van der Waals surface area contributed by atoms with Crippen molar-refractivity contribution in [1.82, 2.24) is 0 Å². The van der Waals surface area contributed by atoms with Crippen molar-refractivity contribution >= 4 is 61.8 Å². The van der Waals surface area contributed by atoms with E-state index < -0.39 is 10.1 Å². The highest BCUT2D eigenvalue weighted by atomic mass is 32.2. The van der Waals surface area contributed by atoms with Gasteiger partial charge < -0.3 is 4.90 Å². The number of para-hydroxylation sites is 2. The summed E-state index contributed by atoms with van der Waals surface area (Å²) < 4.78 is 31.9. The van der Waals surface area contributed by atoms with Crippen molar-refractivity contribution < 1.29 is 17.8 Å². The van der Waals surface area contributed by atoms with Gasteiger partial charge in [0, 0.05) is 12.2 Å². The van der Waals surface area contributed by atoms with Gasteiger partial charge in [0.05, 0.1) is 17.1 Å². The van der Waals surface area contributed by atoms with E-state index in [1.807, 2.05) is 71.6 Å². The molecule has 154 valence electrons. The third-order valence-electron chi connectivity index (χ3n) is 4.74. The van der Waals surface area contributed by atoms with Crippen molar-refractivity contribution in [2.75, 3.05) is 22.1 Å². The van der Waals surface area contributed by atoms with Crippen LogP contribution < -0.4 is 9.80 Å². The largest absolute Gasteiger partial charge is 0.340 e. The second kappa shape index (κ2) is 8.35. The molecule has 1 saturated heterocycles. The Balaban J connectivity index is 1.73. The number of thioether (sulfide) groups is 1. The maximum atomic E-state index is 13.3. The molecule has 0 atom stereocenters. The molecule has 2 aliphatic heterocycles. The zero-order chi connectivity index (χ0) is 21.3. The molecule has 1 fully saturated rings. The normalized spacial score (nSPS) is 18.8. The van der Waals surface area contributed by atoms with E-state index in [1.165, 1.54) is 16.7 Å². The molecule has 0 radical (unpaired) electrons. The first-order valence-corrected chi connectivity index (χ1v) is 12.0. The summed E-state index contributed by atoms with van der Waals surface area (Å²) in [4.78, 5) is 17.2. The fourth-order valence-electron chi connectivity index (χ4n) is 3.43. The molecular weight excluding hydrogens is 440 g/mol. The molecule has 2 aromatic rings. The summed E-state index contributed by atoms with van der Waals surface area (Å²) in [5, 5.41) is 0. The van der Waals surface area contributed by atoms with Crippen LogP contribution >= 0.6 is 24.0 Å². The highest BCUT2D eigenvalue weighted by Gasteiger charge is 2.37. The van der Waals surface area contributed by atoms with E-state index in [2.05, 4.69) is 0 Å². The molecule has 0 aliphatic carbocycles. The number of carbonyl (C=O) groups is 1. The second-order valence-electron chi connectivity index (χ2n) is 6.74. The molecule has 2 aromatic carbocycles.